The molecule has 1 aromatic carbocycles. The van der Waals surface area contributed by atoms with E-state index in [4.69, 9.17) is 0 Å². The van der Waals surface area contributed by atoms with E-state index in [0.29, 0.717) is 5.56 Å². The van der Waals surface area contributed by atoms with E-state index in [1.807, 2.05) is 6.07 Å². The van der Waals surface area contributed by atoms with Crippen molar-refractivity contribution in [3.63, 3.8) is 0 Å². The molecule has 0 aliphatic carbocycles. The van der Waals surface area contributed by atoms with Gasteiger partial charge in [-0.2, -0.15) is 0 Å². The van der Waals surface area contributed by atoms with Gasteiger partial charge < -0.3 is 5.11 Å². The molecule has 0 saturated heterocycles. The number of carbonyl (C=O) groups is 1. The number of amides is 1. The van der Waals surface area contributed by atoms with Gasteiger partial charge in [-0.15, -0.1) is 0 Å². The highest BCUT2D eigenvalue weighted by molar-refractivity contribution is 5.80. The minimum Gasteiger partial charge on any atom is -0.378 e. The van der Waals surface area contributed by atoms with Gasteiger partial charge in [0.25, 0.3) is 5.91 Å². The van der Waals surface area contributed by atoms with Gasteiger partial charge >= 0.3 is 0 Å². The molecular formula is C9H11NO3. The summed E-state index contributed by atoms with van der Waals surface area (Å²) in [4.78, 5) is 15.4. The molecule has 13 heavy (non-hydrogen) atoms. The predicted molar refractivity (Wildman–Crippen MR) is 46.6 cm³/mol. The fourth-order valence-electron chi connectivity index (χ4n) is 0.943. The zero-order chi connectivity index (χ0) is 9.68. The van der Waals surface area contributed by atoms with Gasteiger partial charge in [0.1, 0.15) is 0 Å². The summed E-state index contributed by atoms with van der Waals surface area (Å²) in [5.41, 5.74) is 2.59. The molecule has 70 valence electrons. The second-order valence-electron chi connectivity index (χ2n) is 2.48. The van der Waals surface area contributed by atoms with Crippen LogP contribution in [0, 0.1) is 0 Å². The first-order valence-corrected chi connectivity index (χ1v) is 3.81. The fraction of sp³-hybridized carbons (Fsp3) is 0.222. The number of hydrogen-bond acceptors (Lipinski definition) is 3. The SMILES string of the molecule is CONC(=O)C(O)c1ccccc1. The Labute approximate surface area is 76.1 Å². The topological polar surface area (TPSA) is 58.6 Å². The number of hydroxylamine groups is 1. The lowest BCUT2D eigenvalue weighted by Crippen LogP contribution is -2.28. The van der Waals surface area contributed by atoms with E-state index in [1.54, 1.807) is 24.3 Å². The molecule has 0 aliphatic heterocycles. The van der Waals surface area contributed by atoms with Gasteiger partial charge in [-0.05, 0) is 5.56 Å². The van der Waals surface area contributed by atoms with E-state index in [0.717, 1.165) is 0 Å². The Bertz CT molecular complexity index is 273. The van der Waals surface area contributed by atoms with E-state index in [2.05, 4.69) is 10.3 Å². The molecule has 4 nitrogen and oxygen atoms in total. The monoisotopic (exact) mass is 181 g/mol. The third kappa shape index (κ3) is 2.54. The molecule has 0 bridgehead atoms. The maximum Gasteiger partial charge on any atom is 0.276 e. The van der Waals surface area contributed by atoms with Crippen LogP contribution < -0.4 is 5.48 Å². The largest absolute Gasteiger partial charge is 0.378 e. The lowest BCUT2D eigenvalue weighted by molar-refractivity contribution is -0.140. The summed E-state index contributed by atoms with van der Waals surface area (Å²) in [5, 5.41) is 9.43. The quantitative estimate of drug-likeness (QED) is 0.663. The van der Waals surface area contributed by atoms with Crippen LogP contribution in [0.4, 0.5) is 0 Å². The van der Waals surface area contributed by atoms with Crippen molar-refractivity contribution in [2.45, 2.75) is 6.10 Å². The van der Waals surface area contributed by atoms with Crippen molar-refractivity contribution < 1.29 is 14.7 Å². The average molecular weight is 181 g/mol. The molecule has 0 spiro atoms. The first kappa shape index (κ1) is 9.70. The van der Waals surface area contributed by atoms with Crippen LogP contribution in [0.3, 0.4) is 0 Å². The molecule has 0 aromatic heterocycles. The van der Waals surface area contributed by atoms with Crippen molar-refractivity contribution in [2.75, 3.05) is 7.11 Å². The number of carbonyl (C=O) groups excluding carboxylic acids is 1. The van der Waals surface area contributed by atoms with Gasteiger partial charge in [0, 0.05) is 0 Å². The Morgan fingerprint density at radius 2 is 2.08 bits per heavy atom. The molecule has 4 heteroatoms. The Balaban J connectivity index is 2.68. The zero-order valence-electron chi connectivity index (χ0n) is 7.23. The number of nitrogens with one attached hydrogen (secondary N) is 1. The van der Waals surface area contributed by atoms with Crippen molar-refractivity contribution in [2.24, 2.45) is 0 Å². The normalized spacial score (nSPS) is 12.2. The van der Waals surface area contributed by atoms with E-state index in [-0.39, 0.29) is 0 Å². The first-order chi connectivity index (χ1) is 6.25. The summed E-state index contributed by atoms with van der Waals surface area (Å²) in [5.74, 6) is -0.575. The molecular weight excluding hydrogens is 170 g/mol. The van der Waals surface area contributed by atoms with Gasteiger partial charge in [-0.1, -0.05) is 30.3 Å². The van der Waals surface area contributed by atoms with Crippen LogP contribution in [0.1, 0.15) is 11.7 Å². The Hall–Kier alpha value is -1.39. The lowest BCUT2D eigenvalue weighted by atomic mass is 10.1. The van der Waals surface area contributed by atoms with Crippen molar-refractivity contribution in [3.05, 3.63) is 35.9 Å². The highest BCUT2D eigenvalue weighted by Crippen LogP contribution is 2.11. The van der Waals surface area contributed by atoms with Crippen LogP contribution in [0.15, 0.2) is 30.3 Å². The second kappa shape index (κ2) is 4.59. The standard InChI is InChI=1S/C9H11NO3/c1-13-10-9(12)8(11)7-5-3-2-4-6-7/h2-6,8,11H,1H3,(H,10,12). The molecule has 0 aliphatic rings. The zero-order valence-corrected chi connectivity index (χ0v) is 7.23. The van der Waals surface area contributed by atoms with Gasteiger partial charge in [0.15, 0.2) is 6.10 Å². The summed E-state index contributed by atoms with van der Waals surface area (Å²) >= 11 is 0. The Morgan fingerprint density at radius 3 is 2.62 bits per heavy atom. The molecule has 1 unspecified atom stereocenters. The summed E-state index contributed by atoms with van der Waals surface area (Å²) in [6.07, 6.45) is -1.18. The van der Waals surface area contributed by atoms with Gasteiger partial charge in [-0.3, -0.25) is 9.63 Å². The highest BCUT2D eigenvalue weighted by atomic mass is 16.6. The van der Waals surface area contributed by atoms with Crippen LogP contribution in [-0.2, 0) is 9.63 Å². The number of aliphatic hydroxyl groups is 1. The number of benzene rings is 1. The molecule has 0 radical (unpaired) electrons. The van der Waals surface area contributed by atoms with Crippen LogP contribution in [0.5, 0.6) is 0 Å². The van der Waals surface area contributed by atoms with Crippen LogP contribution in [0.2, 0.25) is 0 Å². The van der Waals surface area contributed by atoms with E-state index in [9.17, 15) is 9.90 Å². The molecule has 0 heterocycles. The highest BCUT2D eigenvalue weighted by Gasteiger charge is 2.15. The number of aliphatic hydroxyl groups excluding tert-OH is 1. The molecule has 1 rings (SSSR count). The summed E-state index contributed by atoms with van der Waals surface area (Å²) in [6, 6.07) is 8.64. The lowest BCUT2D eigenvalue weighted by Gasteiger charge is -2.09. The van der Waals surface area contributed by atoms with Gasteiger partial charge in [-0.25, -0.2) is 5.48 Å². The molecule has 2 N–H and O–H groups in total. The number of hydrogen-bond donors (Lipinski definition) is 2. The Kier molecular flexibility index (Phi) is 3.42. The van der Waals surface area contributed by atoms with Crippen molar-refractivity contribution in [1.82, 2.24) is 5.48 Å². The van der Waals surface area contributed by atoms with Crippen molar-refractivity contribution in [3.8, 4) is 0 Å². The van der Waals surface area contributed by atoms with E-state index < -0.39 is 12.0 Å². The second-order valence-corrected chi connectivity index (χ2v) is 2.48. The van der Waals surface area contributed by atoms with Gasteiger partial charge in [0.05, 0.1) is 7.11 Å². The third-order valence-corrected chi connectivity index (χ3v) is 1.57. The minimum absolute atomic E-state index is 0.539. The van der Waals surface area contributed by atoms with Crippen LogP contribution in [0.25, 0.3) is 0 Å². The Morgan fingerprint density at radius 1 is 1.46 bits per heavy atom. The van der Waals surface area contributed by atoms with Crippen molar-refractivity contribution in [1.29, 1.82) is 0 Å². The van der Waals surface area contributed by atoms with E-state index in [1.165, 1.54) is 7.11 Å². The maximum atomic E-state index is 11.1. The maximum absolute atomic E-state index is 11.1. The molecule has 0 fully saturated rings. The molecule has 1 amide bonds. The number of rotatable bonds is 3. The smallest absolute Gasteiger partial charge is 0.276 e. The first-order valence-electron chi connectivity index (χ1n) is 3.81. The average Bonchev–Trinajstić information content (AvgIpc) is 2.18. The summed E-state index contributed by atoms with van der Waals surface area (Å²) in [7, 11) is 1.32. The fourth-order valence-corrected chi connectivity index (χ4v) is 0.943. The molecule has 0 saturated carbocycles. The van der Waals surface area contributed by atoms with Crippen LogP contribution in [-0.4, -0.2) is 18.1 Å². The third-order valence-electron chi connectivity index (χ3n) is 1.57. The molecule has 1 aromatic rings. The summed E-state index contributed by atoms with van der Waals surface area (Å²) in [6.45, 7) is 0. The summed E-state index contributed by atoms with van der Waals surface area (Å²) < 4.78 is 0. The van der Waals surface area contributed by atoms with Crippen molar-refractivity contribution >= 4 is 5.91 Å². The van der Waals surface area contributed by atoms with Crippen LogP contribution >= 0.6 is 0 Å². The minimum atomic E-state index is -1.18. The molecule has 1 atom stereocenters. The predicted octanol–water partition coefficient (Wildman–Crippen LogP) is 0.398. The van der Waals surface area contributed by atoms with Gasteiger partial charge in [0.2, 0.25) is 0 Å². The van der Waals surface area contributed by atoms with E-state index >= 15 is 0 Å².